The summed E-state index contributed by atoms with van der Waals surface area (Å²) in [5, 5.41) is 3.40. The van der Waals surface area contributed by atoms with E-state index in [9.17, 15) is 9.59 Å². The summed E-state index contributed by atoms with van der Waals surface area (Å²) >= 11 is 0. The lowest BCUT2D eigenvalue weighted by molar-refractivity contribution is -0.140. The predicted molar refractivity (Wildman–Crippen MR) is 110 cm³/mol. The van der Waals surface area contributed by atoms with Gasteiger partial charge in [-0.2, -0.15) is 0 Å². The standard InChI is InChI=1S/C22H33N3O3/c1-16-17(2)25(20-7-4-18(5-8-20)6-9-21(26)28-3)22(27)24(16)15-12-19-10-13-23-14-11-19/h4-5,7-8,16-17,19,23H,6,9-15H2,1-3H3/t16-,17+/m0/s1. The van der Waals surface area contributed by atoms with Crippen molar-refractivity contribution >= 4 is 17.7 Å². The summed E-state index contributed by atoms with van der Waals surface area (Å²) in [6, 6.07) is 8.43. The normalized spacial score (nSPS) is 23.3. The van der Waals surface area contributed by atoms with E-state index in [1.54, 1.807) is 0 Å². The zero-order chi connectivity index (χ0) is 20.1. The van der Waals surface area contributed by atoms with Crippen LogP contribution in [0.25, 0.3) is 0 Å². The second kappa shape index (κ2) is 9.41. The molecule has 0 saturated carbocycles. The predicted octanol–water partition coefficient (Wildman–Crippen LogP) is 3.20. The Hall–Kier alpha value is -2.08. The number of esters is 1. The molecule has 0 radical (unpaired) electrons. The van der Waals surface area contributed by atoms with E-state index in [0.29, 0.717) is 12.8 Å². The largest absolute Gasteiger partial charge is 0.469 e. The molecule has 2 amide bonds. The number of carbonyl (C=O) groups excluding carboxylic acids is 2. The lowest BCUT2D eigenvalue weighted by Crippen LogP contribution is -2.36. The van der Waals surface area contributed by atoms with Crippen LogP contribution < -0.4 is 10.2 Å². The van der Waals surface area contributed by atoms with Gasteiger partial charge in [-0.3, -0.25) is 9.69 Å². The molecule has 0 spiro atoms. The number of amides is 2. The van der Waals surface area contributed by atoms with Crippen molar-refractivity contribution in [3.8, 4) is 0 Å². The Kier molecular flexibility index (Phi) is 6.94. The van der Waals surface area contributed by atoms with Crippen molar-refractivity contribution in [2.75, 3.05) is 31.6 Å². The Bertz CT molecular complexity index is 670. The van der Waals surface area contributed by atoms with Crippen molar-refractivity contribution in [1.82, 2.24) is 10.2 Å². The van der Waals surface area contributed by atoms with Crippen LogP contribution in [0.4, 0.5) is 10.5 Å². The molecule has 6 heteroatoms. The van der Waals surface area contributed by atoms with Crippen LogP contribution in [0.1, 0.15) is 45.1 Å². The van der Waals surface area contributed by atoms with Gasteiger partial charge in [0.25, 0.3) is 0 Å². The molecule has 0 unspecified atom stereocenters. The summed E-state index contributed by atoms with van der Waals surface area (Å²) in [6.07, 6.45) is 4.53. The van der Waals surface area contributed by atoms with Crippen LogP contribution in [0.5, 0.6) is 0 Å². The first-order valence-electron chi connectivity index (χ1n) is 10.5. The summed E-state index contributed by atoms with van der Waals surface area (Å²) in [5.74, 6) is 0.519. The number of benzene rings is 1. The number of nitrogens with one attached hydrogen (secondary N) is 1. The third-order valence-electron chi connectivity index (χ3n) is 6.35. The SMILES string of the molecule is COC(=O)CCc1ccc(N2C(=O)N(CCC3CCNCC3)[C@@H](C)[C@H]2C)cc1. The van der Waals surface area contributed by atoms with Gasteiger partial charge in [-0.25, -0.2) is 4.79 Å². The maximum atomic E-state index is 13.1. The highest BCUT2D eigenvalue weighted by atomic mass is 16.5. The highest BCUT2D eigenvalue weighted by molar-refractivity contribution is 5.95. The molecule has 2 aliphatic heterocycles. The Morgan fingerprint density at radius 2 is 1.82 bits per heavy atom. The molecule has 1 aromatic rings. The third kappa shape index (κ3) is 4.66. The van der Waals surface area contributed by atoms with E-state index in [1.165, 1.54) is 20.0 Å². The zero-order valence-corrected chi connectivity index (χ0v) is 17.3. The molecule has 154 valence electrons. The maximum absolute atomic E-state index is 13.1. The highest BCUT2D eigenvalue weighted by Crippen LogP contribution is 2.30. The van der Waals surface area contributed by atoms with Crippen LogP contribution in [-0.2, 0) is 16.0 Å². The average Bonchev–Trinajstić information content (AvgIpc) is 2.94. The van der Waals surface area contributed by atoms with Gasteiger partial charge in [-0.15, -0.1) is 0 Å². The number of methoxy groups -OCH3 is 1. The molecular formula is C22H33N3O3. The average molecular weight is 388 g/mol. The molecule has 2 saturated heterocycles. The van der Waals surface area contributed by atoms with E-state index < -0.39 is 0 Å². The lowest BCUT2D eigenvalue weighted by Gasteiger charge is -2.27. The fourth-order valence-corrected chi connectivity index (χ4v) is 4.27. The van der Waals surface area contributed by atoms with Crippen molar-refractivity contribution in [1.29, 1.82) is 0 Å². The molecule has 28 heavy (non-hydrogen) atoms. The van der Waals surface area contributed by atoms with Crippen LogP contribution in [0, 0.1) is 5.92 Å². The number of nitrogens with zero attached hydrogens (tertiary/aromatic N) is 2. The number of ether oxygens (including phenoxy) is 1. The number of rotatable bonds is 7. The minimum atomic E-state index is -0.203. The summed E-state index contributed by atoms with van der Waals surface area (Å²) in [6.45, 7) is 7.30. The van der Waals surface area contributed by atoms with E-state index in [4.69, 9.17) is 4.74 Å². The Labute approximate surface area is 168 Å². The number of aryl methyl sites for hydroxylation is 1. The number of piperidine rings is 1. The Morgan fingerprint density at radius 3 is 2.46 bits per heavy atom. The van der Waals surface area contributed by atoms with E-state index in [0.717, 1.165) is 43.2 Å². The van der Waals surface area contributed by atoms with Gasteiger partial charge in [0.1, 0.15) is 0 Å². The number of hydrogen-bond acceptors (Lipinski definition) is 4. The highest BCUT2D eigenvalue weighted by Gasteiger charge is 2.41. The van der Waals surface area contributed by atoms with E-state index in [2.05, 4.69) is 19.2 Å². The van der Waals surface area contributed by atoms with Gasteiger partial charge >= 0.3 is 12.0 Å². The number of anilines is 1. The van der Waals surface area contributed by atoms with Crippen LogP contribution in [-0.4, -0.2) is 55.7 Å². The first-order chi connectivity index (χ1) is 13.5. The van der Waals surface area contributed by atoms with Gasteiger partial charge in [0.15, 0.2) is 0 Å². The van der Waals surface area contributed by atoms with Crippen molar-refractivity contribution in [2.45, 2.75) is 58.0 Å². The summed E-state index contributed by atoms with van der Waals surface area (Å²) < 4.78 is 4.69. The number of carbonyl (C=O) groups is 2. The molecule has 2 heterocycles. The molecule has 0 bridgehead atoms. The summed E-state index contributed by atoms with van der Waals surface area (Å²) in [5.41, 5.74) is 2.00. The van der Waals surface area contributed by atoms with E-state index in [1.807, 2.05) is 34.1 Å². The Morgan fingerprint density at radius 1 is 1.14 bits per heavy atom. The van der Waals surface area contributed by atoms with Crippen molar-refractivity contribution in [3.63, 3.8) is 0 Å². The minimum absolute atomic E-state index is 0.108. The van der Waals surface area contributed by atoms with Gasteiger partial charge in [0.2, 0.25) is 0 Å². The number of hydrogen-bond donors (Lipinski definition) is 1. The molecule has 2 atom stereocenters. The zero-order valence-electron chi connectivity index (χ0n) is 17.3. The molecular weight excluding hydrogens is 354 g/mol. The second-order valence-corrected chi connectivity index (χ2v) is 8.05. The molecule has 0 aliphatic carbocycles. The van der Waals surface area contributed by atoms with Gasteiger partial charge in [0.05, 0.1) is 19.2 Å². The van der Waals surface area contributed by atoms with E-state index >= 15 is 0 Å². The van der Waals surface area contributed by atoms with Gasteiger partial charge in [-0.05, 0) is 76.2 Å². The maximum Gasteiger partial charge on any atom is 0.325 e. The first-order valence-corrected chi connectivity index (χ1v) is 10.5. The molecule has 3 rings (SSSR count). The third-order valence-corrected chi connectivity index (χ3v) is 6.35. The fraction of sp³-hybridized carbons (Fsp3) is 0.636. The van der Waals surface area contributed by atoms with Crippen molar-refractivity contribution < 1.29 is 14.3 Å². The summed E-state index contributed by atoms with van der Waals surface area (Å²) in [7, 11) is 1.41. The first kappa shape index (κ1) is 20.6. The minimum Gasteiger partial charge on any atom is -0.469 e. The van der Waals surface area contributed by atoms with Crippen LogP contribution in [0.15, 0.2) is 24.3 Å². The van der Waals surface area contributed by atoms with Crippen LogP contribution >= 0.6 is 0 Å². The van der Waals surface area contributed by atoms with Gasteiger partial charge in [-0.1, -0.05) is 12.1 Å². The summed E-state index contributed by atoms with van der Waals surface area (Å²) in [4.78, 5) is 28.4. The Balaban J connectivity index is 1.61. The molecule has 2 aliphatic rings. The van der Waals surface area contributed by atoms with Gasteiger partial charge < -0.3 is 15.0 Å². The molecule has 1 aromatic carbocycles. The fourth-order valence-electron chi connectivity index (χ4n) is 4.27. The lowest BCUT2D eigenvalue weighted by atomic mass is 9.94. The van der Waals surface area contributed by atoms with Crippen LogP contribution in [0.3, 0.4) is 0 Å². The molecule has 6 nitrogen and oxygen atoms in total. The molecule has 2 fully saturated rings. The second-order valence-electron chi connectivity index (χ2n) is 8.05. The van der Waals surface area contributed by atoms with Crippen molar-refractivity contribution in [3.05, 3.63) is 29.8 Å². The monoisotopic (exact) mass is 387 g/mol. The molecule has 0 aromatic heterocycles. The smallest absolute Gasteiger partial charge is 0.325 e. The van der Waals surface area contributed by atoms with Gasteiger partial charge in [0, 0.05) is 18.7 Å². The van der Waals surface area contributed by atoms with E-state index in [-0.39, 0.29) is 24.1 Å². The topological polar surface area (TPSA) is 61.9 Å². The quantitative estimate of drug-likeness (QED) is 0.730. The molecule has 1 N–H and O–H groups in total. The van der Waals surface area contributed by atoms with Crippen molar-refractivity contribution in [2.24, 2.45) is 5.92 Å². The number of urea groups is 1. The van der Waals surface area contributed by atoms with Crippen LogP contribution in [0.2, 0.25) is 0 Å².